The Balaban J connectivity index is 0.000000437. The van der Waals surface area contributed by atoms with Crippen molar-refractivity contribution in [2.45, 2.75) is 76.7 Å². The summed E-state index contributed by atoms with van der Waals surface area (Å²) in [5.41, 5.74) is 0. The molecule has 0 aromatic rings. The average Bonchev–Trinajstić information content (AvgIpc) is 2.62. The Bertz CT molecular complexity index is 448. The van der Waals surface area contributed by atoms with Crippen molar-refractivity contribution in [1.29, 1.82) is 0 Å². The van der Waals surface area contributed by atoms with Crippen LogP contribution in [0.15, 0.2) is 0 Å². The summed E-state index contributed by atoms with van der Waals surface area (Å²) in [5, 5.41) is 0. The SMILES string of the molecule is C.CC(C)C1CN(C)C1.CC(C)C1CN(C)C1.CCN1CC(C(C)C)C1.CCN1CC(C(C)C)C1. The van der Waals surface area contributed by atoms with E-state index in [-0.39, 0.29) is 7.43 Å². The molecule has 4 nitrogen and oxygen atoms in total. The molecule has 0 spiro atoms. The zero-order valence-corrected chi connectivity index (χ0v) is 25.5. The maximum atomic E-state index is 2.49. The Hall–Kier alpha value is -0.160. The van der Waals surface area contributed by atoms with E-state index in [4.69, 9.17) is 0 Å². The van der Waals surface area contributed by atoms with Gasteiger partial charge in [0.1, 0.15) is 0 Å². The molecule has 0 aromatic heterocycles. The van der Waals surface area contributed by atoms with Crippen molar-refractivity contribution in [1.82, 2.24) is 19.6 Å². The Morgan fingerprint density at radius 3 is 0.771 bits per heavy atom. The molecule has 0 unspecified atom stereocenters. The number of hydrogen-bond acceptors (Lipinski definition) is 4. The highest BCUT2D eigenvalue weighted by Gasteiger charge is 2.28. The van der Waals surface area contributed by atoms with Crippen LogP contribution in [0, 0.1) is 47.3 Å². The Kier molecular flexibility index (Phi) is 17.3. The molecule has 0 aromatic carbocycles. The second-order valence-corrected chi connectivity index (χ2v) is 13.2. The molecule has 4 aliphatic heterocycles. The van der Waals surface area contributed by atoms with E-state index >= 15 is 0 Å². The summed E-state index contributed by atoms with van der Waals surface area (Å²) in [6.45, 7) is 36.1. The summed E-state index contributed by atoms with van der Waals surface area (Å²) in [4.78, 5) is 9.71. The van der Waals surface area contributed by atoms with Crippen molar-refractivity contribution >= 4 is 0 Å². The summed E-state index contributed by atoms with van der Waals surface area (Å²) in [6.07, 6.45) is 0. The van der Waals surface area contributed by atoms with Crippen LogP contribution in [0.3, 0.4) is 0 Å². The first-order valence-electron chi connectivity index (χ1n) is 14.7. The Morgan fingerprint density at radius 1 is 0.457 bits per heavy atom. The molecule has 0 atom stereocenters. The highest BCUT2D eigenvalue weighted by Crippen LogP contribution is 2.23. The van der Waals surface area contributed by atoms with Crippen LogP contribution in [-0.4, -0.2) is 99.1 Å². The van der Waals surface area contributed by atoms with Gasteiger partial charge < -0.3 is 19.6 Å². The predicted molar refractivity (Wildman–Crippen MR) is 159 cm³/mol. The van der Waals surface area contributed by atoms with Gasteiger partial charge in [0.25, 0.3) is 0 Å². The number of nitrogens with zero attached hydrogens (tertiary/aromatic N) is 4. The van der Waals surface area contributed by atoms with Gasteiger partial charge in [0.15, 0.2) is 0 Å². The minimum Gasteiger partial charge on any atom is -0.306 e. The third-order valence-corrected chi connectivity index (χ3v) is 8.82. The molecule has 0 amide bonds. The van der Waals surface area contributed by atoms with Crippen molar-refractivity contribution in [2.75, 3.05) is 79.5 Å². The zero-order chi connectivity index (χ0) is 26.0. The third-order valence-electron chi connectivity index (χ3n) is 8.82. The van der Waals surface area contributed by atoms with Crippen LogP contribution in [0.2, 0.25) is 0 Å². The molecule has 0 N–H and O–H groups in total. The smallest absolute Gasteiger partial charge is 0.00243 e. The fourth-order valence-corrected chi connectivity index (χ4v) is 4.92. The monoisotopic (exact) mass is 497 g/mol. The van der Waals surface area contributed by atoms with Gasteiger partial charge in [-0.2, -0.15) is 0 Å². The van der Waals surface area contributed by atoms with Crippen LogP contribution in [0.25, 0.3) is 0 Å². The largest absolute Gasteiger partial charge is 0.306 e. The first-order chi connectivity index (χ1) is 15.9. The summed E-state index contributed by atoms with van der Waals surface area (Å²) in [6, 6.07) is 0. The fraction of sp³-hybridized carbons (Fsp3) is 1.00. The lowest BCUT2D eigenvalue weighted by Gasteiger charge is -2.40. The molecule has 4 heteroatoms. The molecule has 0 bridgehead atoms. The predicted octanol–water partition coefficient (Wildman–Crippen LogP) is 6.23. The maximum Gasteiger partial charge on any atom is 0.00243 e. The molecular formula is C31H68N4. The van der Waals surface area contributed by atoms with E-state index in [0.717, 1.165) is 47.3 Å². The van der Waals surface area contributed by atoms with Gasteiger partial charge in [-0.25, -0.2) is 0 Å². The van der Waals surface area contributed by atoms with E-state index in [0.29, 0.717) is 0 Å². The maximum absolute atomic E-state index is 2.49. The molecule has 4 heterocycles. The molecule has 4 fully saturated rings. The minimum absolute atomic E-state index is 0. The first-order valence-corrected chi connectivity index (χ1v) is 14.7. The quantitative estimate of drug-likeness (QED) is 0.432. The Morgan fingerprint density at radius 2 is 0.657 bits per heavy atom. The summed E-state index contributed by atoms with van der Waals surface area (Å²) in [7, 11) is 4.36. The van der Waals surface area contributed by atoms with Gasteiger partial charge >= 0.3 is 0 Å². The van der Waals surface area contributed by atoms with E-state index in [2.05, 4.69) is 103 Å². The van der Waals surface area contributed by atoms with Crippen LogP contribution in [0.1, 0.15) is 76.7 Å². The van der Waals surface area contributed by atoms with Gasteiger partial charge in [0.2, 0.25) is 0 Å². The number of hydrogen-bond donors (Lipinski definition) is 0. The fourth-order valence-electron chi connectivity index (χ4n) is 4.92. The van der Waals surface area contributed by atoms with Gasteiger partial charge in [-0.15, -0.1) is 0 Å². The van der Waals surface area contributed by atoms with Gasteiger partial charge in [-0.1, -0.05) is 76.7 Å². The topological polar surface area (TPSA) is 13.0 Å². The normalized spacial score (nSPS) is 22.6. The van der Waals surface area contributed by atoms with Gasteiger partial charge in [-0.3, -0.25) is 0 Å². The van der Waals surface area contributed by atoms with Crippen molar-refractivity contribution in [3.63, 3.8) is 0 Å². The van der Waals surface area contributed by atoms with Crippen LogP contribution in [0.5, 0.6) is 0 Å². The highest BCUT2D eigenvalue weighted by molar-refractivity contribution is 4.81. The highest BCUT2D eigenvalue weighted by atomic mass is 15.2. The average molecular weight is 497 g/mol. The molecule has 4 saturated heterocycles. The second kappa shape index (κ2) is 17.4. The first kappa shape index (κ1) is 34.8. The molecule has 35 heavy (non-hydrogen) atoms. The number of rotatable bonds is 6. The number of likely N-dealkylation sites (tertiary alicyclic amines) is 4. The minimum atomic E-state index is 0. The molecule has 0 aliphatic carbocycles. The molecular weight excluding hydrogens is 428 g/mol. The van der Waals surface area contributed by atoms with Gasteiger partial charge in [-0.05, 0) is 74.5 Å². The zero-order valence-electron chi connectivity index (χ0n) is 25.5. The summed E-state index contributed by atoms with van der Waals surface area (Å²) < 4.78 is 0. The van der Waals surface area contributed by atoms with E-state index < -0.39 is 0 Å². The van der Waals surface area contributed by atoms with Crippen LogP contribution in [0.4, 0.5) is 0 Å². The van der Waals surface area contributed by atoms with Crippen LogP contribution >= 0.6 is 0 Å². The van der Waals surface area contributed by atoms with E-state index in [1.165, 1.54) is 65.4 Å². The van der Waals surface area contributed by atoms with E-state index in [1.807, 2.05) is 0 Å². The summed E-state index contributed by atoms with van der Waals surface area (Å²) in [5.74, 6) is 7.54. The molecule has 0 saturated carbocycles. The third kappa shape index (κ3) is 12.8. The van der Waals surface area contributed by atoms with E-state index in [1.54, 1.807) is 0 Å². The van der Waals surface area contributed by atoms with Crippen molar-refractivity contribution in [2.24, 2.45) is 47.3 Å². The lowest BCUT2D eigenvalue weighted by Crippen LogP contribution is -2.48. The van der Waals surface area contributed by atoms with Crippen molar-refractivity contribution in [3.05, 3.63) is 0 Å². The lowest BCUT2D eigenvalue weighted by molar-refractivity contribution is 0.0745. The van der Waals surface area contributed by atoms with Crippen molar-refractivity contribution in [3.8, 4) is 0 Å². The van der Waals surface area contributed by atoms with Gasteiger partial charge in [0, 0.05) is 52.4 Å². The molecule has 4 rings (SSSR count). The molecule has 0 radical (unpaired) electrons. The van der Waals surface area contributed by atoms with Gasteiger partial charge in [0.05, 0.1) is 0 Å². The molecule has 212 valence electrons. The van der Waals surface area contributed by atoms with Crippen LogP contribution in [-0.2, 0) is 0 Å². The lowest BCUT2D eigenvalue weighted by atomic mass is 9.89. The standard InChI is InChI=1S/2C8H17N.2C7H15N.CH4/c2*1-4-9-5-8(6-9)7(2)3;2*1-6(2)7-4-8(3)5-7;/h2*7-8H,4-6H2,1-3H3;2*6-7H,4-5H2,1-3H3;1H4. The van der Waals surface area contributed by atoms with Crippen LogP contribution < -0.4 is 0 Å². The Labute approximate surface area is 223 Å². The van der Waals surface area contributed by atoms with E-state index in [9.17, 15) is 0 Å². The molecule has 4 aliphatic rings. The summed E-state index contributed by atoms with van der Waals surface area (Å²) >= 11 is 0. The van der Waals surface area contributed by atoms with Crippen molar-refractivity contribution < 1.29 is 0 Å². The second-order valence-electron chi connectivity index (χ2n) is 13.2.